The van der Waals surface area contributed by atoms with Crippen molar-refractivity contribution in [2.45, 2.75) is 6.92 Å². The topological polar surface area (TPSA) is 32.3 Å². The molecular formula is C5H9BrMgO2. The van der Waals surface area contributed by atoms with Gasteiger partial charge < -0.3 is 26.8 Å². The second-order valence-electron chi connectivity index (χ2n) is 1.04. The minimum atomic E-state index is -0.162. The summed E-state index contributed by atoms with van der Waals surface area (Å²) in [6.45, 7) is 1.96. The van der Waals surface area contributed by atoms with Gasteiger partial charge in [-0.15, -0.1) is 6.61 Å². The maximum atomic E-state index is 9.65. The average molecular weight is 205 g/mol. The van der Waals surface area contributed by atoms with Crippen molar-refractivity contribution in [3.63, 3.8) is 0 Å². The predicted octanol–water partition coefficient (Wildman–Crippen LogP) is -3.48. The summed E-state index contributed by atoms with van der Waals surface area (Å²) in [5.41, 5.74) is 0. The third kappa shape index (κ3) is 17.7. The summed E-state index contributed by atoms with van der Waals surface area (Å²) in [6.07, 6.45) is 3.26. The smallest absolute Gasteiger partial charge is 1.00 e. The van der Waals surface area contributed by atoms with E-state index in [0.717, 1.165) is 0 Å². The third-order valence-corrected chi connectivity index (χ3v) is 0.433. The van der Waals surface area contributed by atoms with Crippen LogP contribution in [0.5, 0.6) is 0 Å². The van der Waals surface area contributed by atoms with Gasteiger partial charge in [-0.1, -0.05) is 6.08 Å². The number of rotatable bonds is 3. The Morgan fingerprint density at radius 1 is 1.56 bits per heavy atom. The van der Waals surface area contributed by atoms with Gasteiger partial charge >= 0.3 is 23.1 Å². The van der Waals surface area contributed by atoms with Gasteiger partial charge in [0.25, 0.3) is 0 Å². The quantitative estimate of drug-likeness (QED) is 0.272. The van der Waals surface area contributed by atoms with Crippen molar-refractivity contribution in [3.05, 3.63) is 12.3 Å². The zero-order valence-corrected chi connectivity index (χ0v) is 8.47. The largest absolute Gasteiger partial charge is 2.00 e. The van der Waals surface area contributed by atoms with E-state index < -0.39 is 0 Å². The molecule has 2 nitrogen and oxygen atoms in total. The van der Waals surface area contributed by atoms with Gasteiger partial charge in [-0.25, -0.2) is 0 Å². The van der Waals surface area contributed by atoms with Gasteiger partial charge in [0.1, 0.15) is 0 Å². The Hall–Kier alpha value is 0.746. The van der Waals surface area contributed by atoms with Gasteiger partial charge in [-0.05, 0) is 6.92 Å². The molecule has 0 radical (unpaired) electrons. The molecule has 0 aromatic heterocycles. The number of allylic oxidation sites excluding steroid dienone is 1. The number of halogens is 1. The molecule has 0 amide bonds. The van der Waals surface area contributed by atoms with Crippen molar-refractivity contribution in [3.8, 4) is 0 Å². The first-order valence-corrected chi connectivity index (χ1v) is 2.22. The summed E-state index contributed by atoms with van der Waals surface area (Å²) in [5.74, 6) is 0. The van der Waals surface area contributed by atoms with Gasteiger partial charge in [0.2, 0.25) is 0 Å². The van der Waals surface area contributed by atoms with Crippen molar-refractivity contribution in [2.24, 2.45) is 0 Å². The second kappa shape index (κ2) is 15.9. The fourth-order valence-corrected chi connectivity index (χ4v) is 0.212. The Bertz CT molecular complexity index is 58.9. The van der Waals surface area contributed by atoms with Gasteiger partial charge in [0, 0.05) is 0 Å². The first-order chi connectivity index (χ1) is 3.41. The zero-order valence-electron chi connectivity index (χ0n) is 5.47. The van der Waals surface area contributed by atoms with Gasteiger partial charge in [-0.3, -0.25) is 0 Å². The molecule has 0 rings (SSSR count). The molecule has 0 bridgehead atoms. The van der Waals surface area contributed by atoms with Crippen molar-refractivity contribution < 1.29 is 26.8 Å². The van der Waals surface area contributed by atoms with Crippen molar-refractivity contribution >= 4 is 23.1 Å². The molecule has 0 aliphatic heterocycles. The molecule has 0 aliphatic carbocycles. The molecule has 0 spiro atoms. The maximum absolute atomic E-state index is 9.65. The van der Waals surface area contributed by atoms with E-state index in [9.17, 15) is 5.11 Å². The monoisotopic (exact) mass is 204 g/mol. The minimum absolute atomic E-state index is 0. The molecule has 50 valence electrons. The van der Waals surface area contributed by atoms with E-state index in [4.69, 9.17) is 0 Å². The van der Waals surface area contributed by atoms with Crippen LogP contribution in [0.2, 0.25) is 0 Å². The van der Waals surface area contributed by atoms with Crippen LogP contribution in [0.1, 0.15) is 6.92 Å². The SMILES string of the molecule is C/C=C/OCC[O-].[Br-].[Mg+2]. The zero-order chi connectivity index (χ0) is 5.54. The molecule has 0 heterocycles. The number of ether oxygens (including phenoxy) is 1. The van der Waals surface area contributed by atoms with E-state index >= 15 is 0 Å². The van der Waals surface area contributed by atoms with Crippen molar-refractivity contribution in [2.75, 3.05) is 13.2 Å². The minimum Gasteiger partial charge on any atom is -1.00 e. The van der Waals surface area contributed by atoms with Gasteiger partial charge in [0.15, 0.2) is 0 Å². The Labute approximate surface area is 82.2 Å². The molecule has 0 saturated carbocycles. The normalized spacial score (nSPS) is 7.78. The fourth-order valence-electron chi connectivity index (χ4n) is 0.212. The van der Waals surface area contributed by atoms with Crippen LogP contribution >= 0.6 is 0 Å². The van der Waals surface area contributed by atoms with E-state index in [1.165, 1.54) is 6.26 Å². The summed E-state index contributed by atoms with van der Waals surface area (Å²) < 4.78 is 4.64. The van der Waals surface area contributed by atoms with Crippen LogP contribution in [-0.4, -0.2) is 36.3 Å². The van der Waals surface area contributed by atoms with Crippen LogP contribution in [0.15, 0.2) is 12.3 Å². The van der Waals surface area contributed by atoms with E-state index in [0.29, 0.717) is 0 Å². The Morgan fingerprint density at radius 2 is 2.11 bits per heavy atom. The van der Waals surface area contributed by atoms with E-state index in [1.807, 2.05) is 6.92 Å². The summed E-state index contributed by atoms with van der Waals surface area (Å²) in [7, 11) is 0. The predicted molar refractivity (Wildman–Crippen MR) is 31.4 cm³/mol. The summed E-state index contributed by atoms with van der Waals surface area (Å²) in [5, 5.41) is 9.65. The average Bonchev–Trinajstić information content (AvgIpc) is 1.69. The molecule has 0 fully saturated rings. The van der Waals surface area contributed by atoms with Crippen molar-refractivity contribution in [1.29, 1.82) is 0 Å². The molecule has 0 unspecified atom stereocenters. The van der Waals surface area contributed by atoms with Crippen LogP contribution < -0.4 is 22.1 Å². The summed E-state index contributed by atoms with van der Waals surface area (Å²) in [4.78, 5) is 0. The van der Waals surface area contributed by atoms with Crippen LogP contribution in [0.25, 0.3) is 0 Å². The molecule has 0 aliphatic rings. The standard InChI is InChI=1S/C5H9O2.BrH.Mg/c1-2-4-7-5-3-6;;/h2,4H,3,5H2,1H3;1H;/q-1;;+2/p-1/b4-2+;;. The van der Waals surface area contributed by atoms with Crippen LogP contribution in [0, 0.1) is 0 Å². The molecule has 0 N–H and O–H groups in total. The molecule has 0 aromatic rings. The van der Waals surface area contributed by atoms with Crippen LogP contribution in [0.3, 0.4) is 0 Å². The molecule has 0 aromatic carbocycles. The Morgan fingerprint density at radius 3 is 2.44 bits per heavy atom. The molecule has 4 heteroatoms. The number of hydrogen-bond acceptors (Lipinski definition) is 2. The first kappa shape index (κ1) is 16.4. The molecular weight excluding hydrogens is 196 g/mol. The number of hydrogen-bond donors (Lipinski definition) is 0. The third-order valence-electron chi connectivity index (χ3n) is 0.433. The first-order valence-electron chi connectivity index (χ1n) is 2.22. The van der Waals surface area contributed by atoms with Crippen molar-refractivity contribution in [1.82, 2.24) is 0 Å². The Balaban J connectivity index is -0.000000180. The summed E-state index contributed by atoms with van der Waals surface area (Å²) >= 11 is 0. The second-order valence-corrected chi connectivity index (χ2v) is 1.04. The van der Waals surface area contributed by atoms with E-state index in [-0.39, 0.29) is 53.2 Å². The molecule has 0 atom stereocenters. The van der Waals surface area contributed by atoms with Gasteiger partial charge in [0.05, 0.1) is 12.9 Å². The molecule has 9 heavy (non-hydrogen) atoms. The van der Waals surface area contributed by atoms with Crippen LogP contribution in [-0.2, 0) is 4.74 Å². The molecule has 0 saturated heterocycles. The van der Waals surface area contributed by atoms with Crippen LogP contribution in [0.4, 0.5) is 0 Å². The summed E-state index contributed by atoms with van der Waals surface area (Å²) in [6, 6.07) is 0. The van der Waals surface area contributed by atoms with E-state index in [1.54, 1.807) is 6.08 Å². The Kier molecular flexibility index (Phi) is 28.9. The maximum Gasteiger partial charge on any atom is 2.00 e. The fraction of sp³-hybridized carbons (Fsp3) is 0.600. The van der Waals surface area contributed by atoms with E-state index in [2.05, 4.69) is 4.74 Å². The van der Waals surface area contributed by atoms with Gasteiger partial charge in [-0.2, -0.15) is 0 Å².